The van der Waals surface area contributed by atoms with Gasteiger partial charge in [0.05, 0.1) is 20.9 Å². The number of aliphatic imine (C=N–C) groups is 1. The summed E-state index contributed by atoms with van der Waals surface area (Å²) in [5, 5.41) is 0. The van der Waals surface area contributed by atoms with Crippen LogP contribution in [-0.4, -0.2) is 20.3 Å². The van der Waals surface area contributed by atoms with Crippen LogP contribution in [0, 0.1) is 6.92 Å². The molecule has 0 fully saturated rings. The van der Waals surface area contributed by atoms with Crippen molar-refractivity contribution < 1.29 is 39.6 Å². The van der Waals surface area contributed by atoms with Gasteiger partial charge in [-0.3, -0.25) is 4.79 Å². The molecule has 0 unspecified atom stereocenters. The largest absolute Gasteiger partial charge is 0.417 e. The number of benzene rings is 2. The van der Waals surface area contributed by atoms with E-state index in [1.807, 2.05) is 0 Å². The number of carbonyl (C=O) groups excluding carboxylic acids is 1. The van der Waals surface area contributed by atoms with Gasteiger partial charge in [-0.25, -0.2) is 8.42 Å². The Hall–Kier alpha value is -3.09. The maximum atomic E-state index is 13.6. The van der Waals surface area contributed by atoms with Gasteiger partial charge < -0.3 is 11.5 Å². The van der Waals surface area contributed by atoms with Gasteiger partial charge >= 0.3 is 12.4 Å². The van der Waals surface area contributed by atoms with E-state index in [4.69, 9.17) is 11.5 Å². The van der Waals surface area contributed by atoms with Crippen LogP contribution < -0.4 is 11.5 Å². The first-order valence-corrected chi connectivity index (χ1v) is 9.31. The highest BCUT2D eigenvalue weighted by atomic mass is 32.2. The molecule has 0 aliphatic heterocycles. The summed E-state index contributed by atoms with van der Waals surface area (Å²) in [5.74, 6) is -1.98. The number of guanidine groups is 1. The first-order valence-electron chi connectivity index (χ1n) is 7.83. The average Bonchev–Trinajstić information content (AvgIpc) is 2.59. The van der Waals surface area contributed by atoms with Gasteiger partial charge in [-0.1, -0.05) is 6.07 Å². The Balaban J connectivity index is 2.79. The van der Waals surface area contributed by atoms with Crippen LogP contribution in [0.3, 0.4) is 0 Å². The first kappa shape index (κ1) is 23.2. The van der Waals surface area contributed by atoms with Crippen LogP contribution in [0.15, 0.2) is 51.2 Å². The minimum atomic E-state index is -5.26. The quantitative estimate of drug-likeness (QED) is 0.421. The second-order valence-electron chi connectivity index (χ2n) is 6.03. The summed E-state index contributed by atoms with van der Waals surface area (Å²) in [6, 6.07) is 3.07. The summed E-state index contributed by atoms with van der Waals surface area (Å²) in [7, 11) is -5.04. The van der Waals surface area contributed by atoms with Crippen LogP contribution in [-0.2, 0) is 22.2 Å². The Kier molecular flexibility index (Phi) is 5.90. The van der Waals surface area contributed by atoms with E-state index in [0.29, 0.717) is 12.1 Å². The summed E-state index contributed by atoms with van der Waals surface area (Å²) in [6.45, 7) is 1.13. The summed E-state index contributed by atoms with van der Waals surface area (Å²) in [6.07, 6.45) is -10.2. The van der Waals surface area contributed by atoms with E-state index in [1.165, 1.54) is 0 Å². The molecule has 0 saturated carbocycles. The monoisotopic (exact) mass is 453 g/mol. The van der Waals surface area contributed by atoms with Crippen molar-refractivity contribution in [2.75, 3.05) is 0 Å². The summed E-state index contributed by atoms with van der Waals surface area (Å²) >= 11 is 0. The second kappa shape index (κ2) is 7.63. The van der Waals surface area contributed by atoms with Crippen molar-refractivity contribution in [1.82, 2.24) is 0 Å². The highest BCUT2D eigenvalue weighted by Gasteiger charge is 2.40. The minimum absolute atomic E-state index is 0.225. The van der Waals surface area contributed by atoms with E-state index in [2.05, 4.69) is 4.99 Å². The molecule has 0 aromatic heterocycles. The minimum Gasteiger partial charge on any atom is -0.370 e. The number of amides is 1. The lowest BCUT2D eigenvalue weighted by atomic mass is 10.0. The smallest absolute Gasteiger partial charge is 0.370 e. The highest BCUT2D eigenvalue weighted by molar-refractivity contribution is 7.91. The average molecular weight is 453 g/mol. The molecule has 0 aliphatic rings. The fourth-order valence-corrected chi connectivity index (χ4v) is 4.09. The Labute approximate surface area is 166 Å². The van der Waals surface area contributed by atoms with Crippen LogP contribution in [0.1, 0.15) is 27.0 Å². The summed E-state index contributed by atoms with van der Waals surface area (Å²) in [5.41, 5.74) is 6.09. The molecule has 0 saturated heterocycles. The zero-order chi connectivity index (χ0) is 23.1. The van der Waals surface area contributed by atoms with Crippen molar-refractivity contribution in [1.29, 1.82) is 0 Å². The third-order valence-electron chi connectivity index (χ3n) is 3.85. The lowest BCUT2D eigenvalue weighted by Gasteiger charge is -2.17. The van der Waals surface area contributed by atoms with Gasteiger partial charge in [0.15, 0.2) is 5.96 Å². The Morgan fingerprint density at radius 3 is 2.07 bits per heavy atom. The number of sulfone groups is 1. The van der Waals surface area contributed by atoms with Crippen LogP contribution in [0.5, 0.6) is 0 Å². The molecule has 0 atom stereocenters. The van der Waals surface area contributed by atoms with Gasteiger partial charge in [0.2, 0.25) is 9.84 Å². The number of aryl methyl sites for hydroxylation is 1. The normalized spacial score (nSPS) is 12.5. The van der Waals surface area contributed by atoms with Crippen molar-refractivity contribution in [3.63, 3.8) is 0 Å². The number of nitrogens with two attached hydrogens (primary N) is 2. The van der Waals surface area contributed by atoms with E-state index in [9.17, 15) is 39.6 Å². The van der Waals surface area contributed by atoms with E-state index < -0.39 is 60.5 Å². The van der Waals surface area contributed by atoms with E-state index in [1.54, 1.807) is 0 Å². The molecule has 2 rings (SSSR count). The van der Waals surface area contributed by atoms with E-state index >= 15 is 0 Å². The fraction of sp³-hybridized carbons (Fsp3) is 0.176. The van der Waals surface area contributed by atoms with Gasteiger partial charge in [-0.05, 0) is 42.8 Å². The molecule has 0 bridgehead atoms. The van der Waals surface area contributed by atoms with Crippen LogP contribution >= 0.6 is 0 Å². The van der Waals surface area contributed by atoms with Gasteiger partial charge in [0.25, 0.3) is 5.91 Å². The number of carbonyl (C=O) groups is 1. The third-order valence-corrected chi connectivity index (χ3v) is 5.65. The molecule has 0 spiro atoms. The number of rotatable bonds is 3. The lowest BCUT2D eigenvalue weighted by molar-refractivity contribution is -0.140. The zero-order valence-electron chi connectivity index (χ0n) is 15.0. The van der Waals surface area contributed by atoms with Gasteiger partial charge in [0.1, 0.15) is 0 Å². The molecule has 6 nitrogen and oxygen atoms in total. The molecular weight excluding hydrogens is 440 g/mol. The SMILES string of the molecule is Cc1cc(S(=O)(=O)c2cccc(C(F)(F)F)c2)c(C(F)(F)F)cc1C(=O)N=C(N)N. The Bertz CT molecular complexity index is 1130. The molecule has 13 heteroatoms. The van der Waals surface area contributed by atoms with Crippen molar-refractivity contribution in [2.24, 2.45) is 16.5 Å². The third kappa shape index (κ3) is 4.72. The molecule has 30 heavy (non-hydrogen) atoms. The van der Waals surface area contributed by atoms with Crippen LogP contribution in [0.4, 0.5) is 26.3 Å². The van der Waals surface area contributed by atoms with Crippen molar-refractivity contribution in [3.8, 4) is 0 Å². The topological polar surface area (TPSA) is 116 Å². The maximum Gasteiger partial charge on any atom is 0.417 e. The molecule has 0 heterocycles. The Morgan fingerprint density at radius 2 is 1.57 bits per heavy atom. The predicted molar refractivity (Wildman–Crippen MR) is 93.2 cm³/mol. The zero-order valence-corrected chi connectivity index (χ0v) is 15.8. The second-order valence-corrected chi connectivity index (χ2v) is 7.95. The van der Waals surface area contributed by atoms with Crippen molar-refractivity contribution >= 4 is 21.7 Å². The van der Waals surface area contributed by atoms with Gasteiger partial charge in [-0.15, -0.1) is 0 Å². The summed E-state index contributed by atoms with van der Waals surface area (Å²) in [4.78, 5) is 12.8. The number of alkyl halides is 6. The Morgan fingerprint density at radius 1 is 0.967 bits per heavy atom. The highest BCUT2D eigenvalue weighted by Crippen LogP contribution is 2.39. The standard InChI is InChI=1S/C17H13F6N3O3S/c1-8-5-13(12(17(21,22)23)7-11(8)14(27)26-15(24)25)30(28,29)10-4-2-3-9(6-10)16(18,19)20/h2-7H,1H3,(H4,24,25,26,27). The molecule has 162 valence electrons. The molecule has 4 N–H and O–H groups in total. The number of nitrogens with zero attached hydrogens (tertiary/aromatic N) is 1. The summed E-state index contributed by atoms with van der Waals surface area (Å²) < 4.78 is 105. The number of halogens is 6. The maximum absolute atomic E-state index is 13.6. The van der Waals surface area contributed by atoms with Crippen LogP contribution in [0.25, 0.3) is 0 Å². The van der Waals surface area contributed by atoms with E-state index in [-0.39, 0.29) is 17.7 Å². The molecular formula is C17H13F6N3O3S. The molecule has 0 radical (unpaired) electrons. The molecule has 2 aromatic rings. The molecule has 2 aromatic carbocycles. The van der Waals surface area contributed by atoms with E-state index in [0.717, 1.165) is 19.1 Å². The lowest BCUT2D eigenvalue weighted by Crippen LogP contribution is -2.24. The van der Waals surface area contributed by atoms with Crippen molar-refractivity contribution in [3.05, 3.63) is 58.7 Å². The first-order chi connectivity index (χ1) is 13.5. The number of hydrogen-bond acceptors (Lipinski definition) is 3. The van der Waals surface area contributed by atoms with Crippen LogP contribution in [0.2, 0.25) is 0 Å². The van der Waals surface area contributed by atoms with Gasteiger partial charge in [0, 0.05) is 5.56 Å². The van der Waals surface area contributed by atoms with Gasteiger partial charge in [-0.2, -0.15) is 31.3 Å². The molecule has 0 aliphatic carbocycles. The fourth-order valence-electron chi connectivity index (χ4n) is 2.50. The number of hydrogen-bond donors (Lipinski definition) is 2. The van der Waals surface area contributed by atoms with Crippen molar-refractivity contribution in [2.45, 2.75) is 29.1 Å². The molecule has 1 amide bonds. The predicted octanol–water partition coefficient (Wildman–Crippen LogP) is 3.28.